The second-order valence-electron chi connectivity index (χ2n) is 6.26. The summed E-state index contributed by atoms with van der Waals surface area (Å²) in [5.74, 6) is -0.00841. The van der Waals surface area contributed by atoms with Gasteiger partial charge in [-0.2, -0.15) is 0 Å². The Balaban J connectivity index is 1.63. The van der Waals surface area contributed by atoms with Crippen molar-refractivity contribution in [3.05, 3.63) is 60.3 Å². The highest BCUT2D eigenvalue weighted by Gasteiger charge is 2.11. The maximum Gasteiger partial charge on any atom is 0.325 e. The van der Waals surface area contributed by atoms with Crippen molar-refractivity contribution in [2.45, 2.75) is 20.3 Å². The van der Waals surface area contributed by atoms with Gasteiger partial charge in [-0.1, -0.05) is 31.3 Å². The third kappa shape index (κ3) is 4.64. The van der Waals surface area contributed by atoms with E-state index in [-0.39, 0.29) is 5.69 Å². The van der Waals surface area contributed by atoms with Crippen LogP contribution in [0, 0.1) is 11.7 Å². The Bertz CT molecular complexity index is 896. The van der Waals surface area contributed by atoms with E-state index in [0.29, 0.717) is 11.0 Å². The molecule has 7 heteroatoms. The van der Waals surface area contributed by atoms with Gasteiger partial charge in [-0.25, -0.2) is 14.2 Å². The number of anilines is 2. The van der Waals surface area contributed by atoms with Gasteiger partial charge in [0.15, 0.2) is 5.13 Å². The fraction of sp³-hybridized carbons (Fsp3) is 0.211. The Labute approximate surface area is 155 Å². The van der Waals surface area contributed by atoms with E-state index in [4.69, 9.17) is 0 Å². The van der Waals surface area contributed by atoms with Crippen LogP contribution in [-0.4, -0.2) is 16.0 Å². The van der Waals surface area contributed by atoms with E-state index >= 15 is 0 Å². The minimum atomic E-state index is -0.531. The molecule has 0 fully saturated rings. The first kappa shape index (κ1) is 18.0. The van der Waals surface area contributed by atoms with Crippen LogP contribution in [0.25, 0.3) is 10.4 Å². The van der Waals surface area contributed by atoms with Crippen molar-refractivity contribution in [2.24, 2.45) is 5.92 Å². The average molecular weight is 370 g/mol. The Kier molecular flexibility index (Phi) is 5.58. The minimum absolute atomic E-state index is 0.140. The maximum atomic E-state index is 14.2. The summed E-state index contributed by atoms with van der Waals surface area (Å²) in [7, 11) is 0. The summed E-state index contributed by atoms with van der Waals surface area (Å²) < 4.78 is 14.2. The van der Waals surface area contributed by atoms with Gasteiger partial charge >= 0.3 is 6.03 Å². The van der Waals surface area contributed by atoms with Crippen molar-refractivity contribution in [1.29, 1.82) is 0 Å². The Hall–Kier alpha value is -2.80. The molecule has 3 aromatic rings. The molecule has 0 atom stereocenters. The average Bonchev–Trinajstić information content (AvgIpc) is 3.06. The highest BCUT2D eigenvalue weighted by atomic mass is 32.1. The second-order valence-corrected chi connectivity index (χ2v) is 7.29. The summed E-state index contributed by atoms with van der Waals surface area (Å²) in [5.41, 5.74) is 2.02. The SMILES string of the molecule is CC(C)Cc1ccc(NC(=O)Nc2ncc(-c3ccncc3)s2)c(F)c1. The molecule has 2 aromatic heterocycles. The molecule has 5 nitrogen and oxygen atoms in total. The van der Waals surface area contributed by atoms with Gasteiger partial charge in [0, 0.05) is 18.6 Å². The van der Waals surface area contributed by atoms with Gasteiger partial charge in [-0.05, 0) is 47.7 Å². The van der Waals surface area contributed by atoms with Gasteiger partial charge in [0.25, 0.3) is 0 Å². The minimum Gasteiger partial charge on any atom is -0.305 e. The third-order valence-corrected chi connectivity index (χ3v) is 4.58. The molecule has 2 heterocycles. The molecule has 0 bridgehead atoms. The number of amides is 2. The van der Waals surface area contributed by atoms with Crippen LogP contribution in [0.2, 0.25) is 0 Å². The third-order valence-electron chi connectivity index (χ3n) is 3.62. The number of hydrogen-bond acceptors (Lipinski definition) is 4. The van der Waals surface area contributed by atoms with E-state index in [0.717, 1.165) is 22.4 Å². The van der Waals surface area contributed by atoms with E-state index in [9.17, 15) is 9.18 Å². The van der Waals surface area contributed by atoms with Crippen molar-refractivity contribution in [3.63, 3.8) is 0 Å². The Morgan fingerprint density at radius 1 is 1.19 bits per heavy atom. The zero-order chi connectivity index (χ0) is 18.5. The molecule has 0 aliphatic rings. The fourth-order valence-electron chi connectivity index (χ4n) is 2.49. The first-order valence-electron chi connectivity index (χ1n) is 8.24. The standard InChI is InChI=1S/C19H19FN4OS/c1-12(2)9-13-3-4-16(15(20)10-13)23-18(25)24-19-22-11-17(26-19)14-5-7-21-8-6-14/h3-8,10-12H,9H2,1-2H3,(H2,22,23,24,25). The van der Waals surface area contributed by atoms with Gasteiger partial charge < -0.3 is 5.32 Å². The number of pyridine rings is 1. The monoisotopic (exact) mass is 370 g/mol. The van der Waals surface area contributed by atoms with E-state index in [2.05, 4.69) is 34.4 Å². The fourth-order valence-corrected chi connectivity index (χ4v) is 3.31. The van der Waals surface area contributed by atoms with E-state index in [1.807, 2.05) is 18.2 Å². The number of nitrogens with zero attached hydrogens (tertiary/aromatic N) is 2. The van der Waals surface area contributed by atoms with Crippen LogP contribution in [0.15, 0.2) is 48.9 Å². The lowest BCUT2D eigenvalue weighted by atomic mass is 10.0. The van der Waals surface area contributed by atoms with Crippen LogP contribution in [0.5, 0.6) is 0 Å². The molecular weight excluding hydrogens is 351 g/mol. The molecule has 26 heavy (non-hydrogen) atoms. The lowest BCUT2D eigenvalue weighted by molar-refractivity contribution is 0.262. The van der Waals surface area contributed by atoms with Crippen molar-refractivity contribution >= 4 is 28.2 Å². The number of nitrogens with one attached hydrogen (secondary N) is 2. The number of carbonyl (C=O) groups excluding carboxylic acids is 1. The molecule has 0 spiro atoms. The van der Waals surface area contributed by atoms with Crippen LogP contribution in [0.4, 0.5) is 20.0 Å². The molecule has 1 aromatic carbocycles. The summed E-state index contributed by atoms with van der Waals surface area (Å²) in [6.07, 6.45) is 5.86. The van der Waals surface area contributed by atoms with E-state index in [1.54, 1.807) is 24.7 Å². The normalized spacial score (nSPS) is 10.8. The molecule has 2 amide bonds. The largest absolute Gasteiger partial charge is 0.325 e. The Morgan fingerprint density at radius 3 is 2.65 bits per heavy atom. The highest BCUT2D eigenvalue weighted by molar-refractivity contribution is 7.19. The summed E-state index contributed by atoms with van der Waals surface area (Å²) >= 11 is 1.33. The van der Waals surface area contributed by atoms with Crippen LogP contribution >= 0.6 is 11.3 Å². The predicted molar refractivity (Wildman–Crippen MR) is 103 cm³/mol. The molecule has 0 aliphatic heterocycles. The number of benzene rings is 1. The second kappa shape index (κ2) is 8.05. The lowest BCUT2D eigenvalue weighted by Gasteiger charge is -2.09. The first-order valence-corrected chi connectivity index (χ1v) is 9.05. The smallest absolute Gasteiger partial charge is 0.305 e. The molecule has 134 valence electrons. The zero-order valence-electron chi connectivity index (χ0n) is 14.5. The van der Waals surface area contributed by atoms with Crippen LogP contribution in [-0.2, 0) is 6.42 Å². The van der Waals surface area contributed by atoms with Gasteiger partial charge in [0.1, 0.15) is 5.82 Å². The molecule has 0 saturated carbocycles. The topological polar surface area (TPSA) is 66.9 Å². The number of rotatable bonds is 5. The molecule has 3 rings (SSSR count). The maximum absolute atomic E-state index is 14.2. The summed E-state index contributed by atoms with van der Waals surface area (Å²) in [6.45, 7) is 4.15. The van der Waals surface area contributed by atoms with Crippen LogP contribution in [0.1, 0.15) is 19.4 Å². The first-order chi connectivity index (χ1) is 12.5. The van der Waals surface area contributed by atoms with Gasteiger partial charge in [-0.3, -0.25) is 10.3 Å². The molecule has 2 N–H and O–H groups in total. The summed E-state index contributed by atoms with van der Waals surface area (Å²) in [5, 5.41) is 5.59. The molecule has 0 aliphatic carbocycles. The molecule has 0 saturated heterocycles. The number of halogens is 1. The summed E-state index contributed by atoms with van der Waals surface area (Å²) in [4.78, 5) is 21.2. The van der Waals surface area contributed by atoms with Crippen molar-refractivity contribution < 1.29 is 9.18 Å². The van der Waals surface area contributed by atoms with Gasteiger partial charge in [0.2, 0.25) is 0 Å². The Morgan fingerprint density at radius 2 is 1.96 bits per heavy atom. The van der Waals surface area contributed by atoms with Gasteiger partial charge in [-0.15, -0.1) is 0 Å². The zero-order valence-corrected chi connectivity index (χ0v) is 15.3. The van der Waals surface area contributed by atoms with Crippen LogP contribution in [0.3, 0.4) is 0 Å². The quantitative estimate of drug-likeness (QED) is 0.650. The lowest BCUT2D eigenvalue weighted by Crippen LogP contribution is -2.20. The van der Waals surface area contributed by atoms with E-state index < -0.39 is 11.8 Å². The number of aromatic nitrogens is 2. The van der Waals surface area contributed by atoms with E-state index in [1.165, 1.54) is 17.4 Å². The van der Waals surface area contributed by atoms with Crippen molar-refractivity contribution in [2.75, 3.05) is 10.6 Å². The van der Waals surface area contributed by atoms with Crippen molar-refractivity contribution in [1.82, 2.24) is 9.97 Å². The van der Waals surface area contributed by atoms with Crippen molar-refractivity contribution in [3.8, 4) is 10.4 Å². The van der Waals surface area contributed by atoms with Gasteiger partial charge in [0.05, 0.1) is 10.6 Å². The number of urea groups is 1. The molecule has 0 unspecified atom stereocenters. The molecule has 0 radical (unpaired) electrons. The number of carbonyl (C=O) groups is 1. The summed E-state index contributed by atoms with van der Waals surface area (Å²) in [6, 6.07) is 8.06. The number of thiazole rings is 1. The van der Waals surface area contributed by atoms with Crippen LogP contribution < -0.4 is 10.6 Å². The molecular formula is C19H19FN4OS. The number of hydrogen-bond donors (Lipinski definition) is 2. The highest BCUT2D eigenvalue weighted by Crippen LogP contribution is 2.28. The predicted octanol–water partition coefficient (Wildman–Crippen LogP) is 5.19.